The van der Waals surface area contributed by atoms with Crippen molar-refractivity contribution < 1.29 is 26.4 Å². The van der Waals surface area contributed by atoms with E-state index in [0.717, 1.165) is 48.3 Å². The summed E-state index contributed by atoms with van der Waals surface area (Å²) in [6, 6.07) is 0. The van der Waals surface area contributed by atoms with Crippen molar-refractivity contribution in [2.45, 2.75) is 111 Å². The van der Waals surface area contributed by atoms with E-state index >= 15 is 0 Å². The molecule has 0 bridgehead atoms. The van der Waals surface area contributed by atoms with Crippen LogP contribution in [0.15, 0.2) is 11.6 Å². The van der Waals surface area contributed by atoms with E-state index in [1.807, 2.05) is 0 Å². The molecule has 4 aliphatic rings. The molecule has 3 saturated carbocycles. The summed E-state index contributed by atoms with van der Waals surface area (Å²) in [6.07, 6.45) is 17.2. The number of likely N-dealkylation sites (N-methyl/N-ethyl adjacent to an activating group) is 1. The lowest BCUT2D eigenvalue weighted by molar-refractivity contribution is -0.862. The van der Waals surface area contributed by atoms with Crippen molar-refractivity contribution in [2.75, 3.05) is 27.7 Å². The average Bonchev–Trinajstić information content (AvgIpc) is 3.09. The number of allylic oxidation sites excluding steroid dienone is 1. The van der Waals surface area contributed by atoms with Gasteiger partial charge in [-0.25, -0.2) is 4.79 Å². The van der Waals surface area contributed by atoms with Crippen LogP contribution in [0.4, 0.5) is 0 Å². The predicted octanol–water partition coefficient (Wildman–Crippen LogP) is 4.65. The summed E-state index contributed by atoms with van der Waals surface area (Å²) in [6.45, 7) is 13.0. The van der Waals surface area contributed by atoms with Crippen LogP contribution in [0, 0.1) is 46.3 Å². The van der Waals surface area contributed by atoms with Crippen LogP contribution in [-0.2, 0) is 9.53 Å². The number of fused-ring (bicyclic) bond motifs is 5. The number of ether oxygens (including phenoxy) is 1. The van der Waals surface area contributed by atoms with E-state index in [9.17, 15) is 4.79 Å². The first-order valence-corrected chi connectivity index (χ1v) is 15.0. The van der Waals surface area contributed by atoms with Crippen LogP contribution in [-0.4, -0.2) is 44.2 Å². The molecule has 8 atom stereocenters. The topological polar surface area (TPSA) is 26.3 Å². The second kappa shape index (κ2) is 11.3. The zero-order valence-corrected chi connectivity index (χ0v) is 25.5. The van der Waals surface area contributed by atoms with Crippen LogP contribution in [0.2, 0.25) is 0 Å². The minimum absolute atomic E-state index is 0. The Morgan fingerprint density at radius 2 is 1.75 bits per heavy atom. The van der Waals surface area contributed by atoms with Gasteiger partial charge < -0.3 is 21.6 Å². The molecule has 208 valence electrons. The molecule has 3 fully saturated rings. The van der Waals surface area contributed by atoms with Crippen LogP contribution in [0.3, 0.4) is 0 Å². The summed E-state index contributed by atoms with van der Waals surface area (Å²) in [5.41, 5.74) is 2.50. The van der Waals surface area contributed by atoms with Gasteiger partial charge in [0.25, 0.3) is 0 Å². The molecule has 4 aliphatic carbocycles. The highest BCUT2D eigenvalue weighted by atomic mass is 35.5. The van der Waals surface area contributed by atoms with Gasteiger partial charge >= 0.3 is 5.97 Å². The zero-order chi connectivity index (χ0) is 25.6. The van der Waals surface area contributed by atoms with Crippen molar-refractivity contribution in [3.05, 3.63) is 11.6 Å². The second-order valence-electron chi connectivity index (χ2n) is 15.1. The lowest BCUT2D eigenvalue weighted by Crippen LogP contribution is -3.00. The van der Waals surface area contributed by atoms with Crippen LogP contribution < -0.4 is 12.4 Å². The van der Waals surface area contributed by atoms with Gasteiger partial charge in [0.1, 0.15) is 6.10 Å². The molecular weight excluding hydrogens is 466 g/mol. The SMILES string of the molecule is CC(C)CCC[C@@H](C)[C@H]1CCC2C3CC=C4CC(OC(=O)C[N+](C)(C)C)CC[C@]4(C)C3CC[C@@]21C.[Cl-]. The van der Waals surface area contributed by atoms with Gasteiger partial charge in [-0.15, -0.1) is 0 Å². The van der Waals surface area contributed by atoms with Crippen molar-refractivity contribution in [1.29, 1.82) is 0 Å². The van der Waals surface area contributed by atoms with Gasteiger partial charge in [-0.3, -0.25) is 0 Å². The van der Waals surface area contributed by atoms with Gasteiger partial charge in [0, 0.05) is 6.42 Å². The Bertz CT molecular complexity index is 800. The second-order valence-corrected chi connectivity index (χ2v) is 15.1. The number of carbonyl (C=O) groups is 1. The van der Waals surface area contributed by atoms with E-state index < -0.39 is 0 Å². The van der Waals surface area contributed by atoms with E-state index in [2.05, 4.69) is 61.8 Å². The Morgan fingerprint density at radius 1 is 1.03 bits per heavy atom. The number of hydrogen-bond donors (Lipinski definition) is 0. The highest BCUT2D eigenvalue weighted by Crippen LogP contribution is 2.67. The van der Waals surface area contributed by atoms with Gasteiger partial charge in [-0.1, -0.05) is 65.5 Å². The number of halogens is 1. The van der Waals surface area contributed by atoms with Crippen LogP contribution in [0.5, 0.6) is 0 Å². The Balaban J connectivity index is 0.00000361. The Kier molecular flexibility index (Phi) is 9.41. The largest absolute Gasteiger partial charge is 1.00 e. The maximum atomic E-state index is 12.5. The number of rotatable bonds is 8. The van der Waals surface area contributed by atoms with E-state index in [1.54, 1.807) is 5.57 Å². The summed E-state index contributed by atoms with van der Waals surface area (Å²) >= 11 is 0. The fourth-order valence-electron chi connectivity index (χ4n) is 9.36. The van der Waals surface area contributed by atoms with E-state index in [4.69, 9.17) is 4.74 Å². The van der Waals surface area contributed by atoms with E-state index in [-0.39, 0.29) is 24.5 Å². The molecule has 4 heteroatoms. The first-order valence-electron chi connectivity index (χ1n) is 15.0. The number of hydrogen-bond acceptors (Lipinski definition) is 2. The lowest BCUT2D eigenvalue weighted by Gasteiger charge is -2.58. The Morgan fingerprint density at radius 3 is 2.42 bits per heavy atom. The summed E-state index contributed by atoms with van der Waals surface area (Å²) in [5.74, 6) is 5.22. The first-order chi connectivity index (χ1) is 16.3. The van der Waals surface area contributed by atoms with Gasteiger partial charge in [0.15, 0.2) is 6.54 Å². The van der Waals surface area contributed by atoms with Crippen molar-refractivity contribution in [2.24, 2.45) is 46.3 Å². The van der Waals surface area contributed by atoms with Crippen LogP contribution in [0.1, 0.15) is 105 Å². The van der Waals surface area contributed by atoms with Crippen LogP contribution in [0.25, 0.3) is 0 Å². The number of quaternary nitrogens is 1. The van der Waals surface area contributed by atoms with Crippen molar-refractivity contribution in [3.8, 4) is 0 Å². The standard InChI is InChI=1S/C32H56NO2.ClH/c1-22(2)10-9-11-23(3)27-14-15-28-26-13-12-24-20-25(35-30(34)21-33(6,7)8)16-18-31(24,4)29(26)17-19-32(27,28)5;/h12,22-23,25-29H,9-11,13-21H2,1-8H3;1H/q+1;/p-1/t23-,25?,26?,27-,28?,29?,31+,32-;/m1./s1. The number of carbonyl (C=O) groups excluding carboxylic acids is 1. The summed E-state index contributed by atoms with van der Waals surface area (Å²) in [4.78, 5) is 12.5. The monoisotopic (exact) mass is 521 g/mol. The number of nitrogens with zero attached hydrogens (tertiary/aromatic N) is 1. The molecular formula is C32H56ClNO2. The molecule has 3 nitrogen and oxygen atoms in total. The minimum atomic E-state index is -0.0340. The Hall–Kier alpha value is -0.540. The summed E-state index contributed by atoms with van der Waals surface area (Å²) in [7, 11) is 6.17. The smallest absolute Gasteiger partial charge is 0.362 e. The molecule has 0 heterocycles. The maximum absolute atomic E-state index is 12.5. The number of esters is 1. The molecule has 4 rings (SSSR count). The van der Waals surface area contributed by atoms with E-state index in [1.165, 1.54) is 57.8 Å². The quantitative estimate of drug-likeness (QED) is 0.264. The third-order valence-electron chi connectivity index (χ3n) is 11.2. The third kappa shape index (κ3) is 6.03. The molecule has 0 aromatic rings. The van der Waals surface area contributed by atoms with Gasteiger partial charge in [-0.05, 0) is 91.3 Å². The van der Waals surface area contributed by atoms with Crippen molar-refractivity contribution in [3.63, 3.8) is 0 Å². The molecule has 0 aromatic carbocycles. The minimum Gasteiger partial charge on any atom is -1.00 e. The first kappa shape index (κ1) is 30.0. The van der Waals surface area contributed by atoms with Crippen molar-refractivity contribution in [1.82, 2.24) is 0 Å². The zero-order valence-electron chi connectivity index (χ0n) is 24.7. The van der Waals surface area contributed by atoms with Crippen LogP contribution >= 0.6 is 0 Å². The maximum Gasteiger partial charge on any atom is 0.362 e. The average molecular weight is 522 g/mol. The third-order valence-corrected chi connectivity index (χ3v) is 11.2. The summed E-state index contributed by atoms with van der Waals surface area (Å²) < 4.78 is 6.61. The fourth-order valence-corrected chi connectivity index (χ4v) is 9.36. The highest BCUT2D eigenvalue weighted by molar-refractivity contribution is 5.70. The molecule has 0 aliphatic heterocycles. The molecule has 0 amide bonds. The lowest BCUT2D eigenvalue weighted by atomic mass is 9.47. The molecule has 0 spiro atoms. The Labute approximate surface area is 229 Å². The van der Waals surface area contributed by atoms with Gasteiger partial charge in [-0.2, -0.15) is 0 Å². The normalized spacial score (nSPS) is 38.8. The molecule has 36 heavy (non-hydrogen) atoms. The highest BCUT2D eigenvalue weighted by Gasteiger charge is 2.59. The molecule has 0 radical (unpaired) electrons. The molecule has 0 N–H and O–H groups in total. The van der Waals surface area contributed by atoms with E-state index in [0.29, 0.717) is 21.9 Å². The van der Waals surface area contributed by atoms with Gasteiger partial charge in [0.2, 0.25) is 0 Å². The molecule has 0 saturated heterocycles. The van der Waals surface area contributed by atoms with Gasteiger partial charge in [0.05, 0.1) is 21.1 Å². The summed E-state index contributed by atoms with van der Waals surface area (Å²) in [5, 5.41) is 0. The predicted molar refractivity (Wildman–Crippen MR) is 146 cm³/mol. The van der Waals surface area contributed by atoms with Crippen molar-refractivity contribution >= 4 is 5.97 Å². The molecule has 0 aromatic heterocycles. The fraction of sp³-hybridized carbons (Fsp3) is 0.906. The molecule has 4 unspecified atom stereocenters.